The highest BCUT2D eigenvalue weighted by Crippen LogP contribution is 2.38. The van der Waals surface area contributed by atoms with Gasteiger partial charge in [0.15, 0.2) is 0 Å². The number of hydrogen-bond donors (Lipinski definition) is 1. The van der Waals surface area contributed by atoms with E-state index >= 15 is 0 Å². The van der Waals surface area contributed by atoms with Crippen molar-refractivity contribution in [3.8, 4) is 11.1 Å². The van der Waals surface area contributed by atoms with E-state index in [1.807, 2.05) is 0 Å². The van der Waals surface area contributed by atoms with Crippen molar-refractivity contribution >= 4 is 0 Å². The number of aromatic nitrogens is 2. The first-order chi connectivity index (χ1) is 9.61. The van der Waals surface area contributed by atoms with Crippen molar-refractivity contribution in [1.29, 1.82) is 0 Å². The summed E-state index contributed by atoms with van der Waals surface area (Å²) in [5, 5.41) is 8.07. The Balaban J connectivity index is 2.10. The molecule has 1 N–H and O–H groups in total. The van der Waals surface area contributed by atoms with Crippen LogP contribution in [-0.4, -0.2) is 16.8 Å². The summed E-state index contributed by atoms with van der Waals surface area (Å²) in [7, 11) is 2.05. The molecule has 20 heavy (non-hydrogen) atoms. The number of nitrogens with zero attached hydrogens (tertiary/aromatic N) is 2. The van der Waals surface area contributed by atoms with E-state index < -0.39 is 0 Å². The molecule has 0 aliphatic heterocycles. The zero-order valence-corrected chi connectivity index (χ0v) is 12.8. The minimum Gasteiger partial charge on any atom is -0.313 e. The number of hydrogen-bond acceptors (Lipinski definition) is 2. The van der Waals surface area contributed by atoms with E-state index in [9.17, 15) is 0 Å². The quantitative estimate of drug-likeness (QED) is 0.922. The second-order valence-corrected chi connectivity index (χ2v) is 5.96. The van der Waals surface area contributed by atoms with Crippen LogP contribution in [0.4, 0.5) is 0 Å². The van der Waals surface area contributed by atoms with Gasteiger partial charge in [0.2, 0.25) is 0 Å². The fourth-order valence-electron chi connectivity index (χ4n) is 3.22. The summed E-state index contributed by atoms with van der Waals surface area (Å²) < 4.78 is 2.06. The molecule has 1 heterocycles. The largest absolute Gasteiger partial charge is 0.313 e. The van der Waals surface area contributed by atoms with Gasteiger partial charge in [-0.2, -0.15) is 5.10 Å². The molecular formula is C17H23N3. The topological polar surface area (TPSA) is 29.9 Å². The van der Waals surface area contributed by atoms with E-state index in [0.717, 1.165) is 12.1 Å². The molecule has 1 unspecified atom stereocenters. The minimum absolute atomic E-state index is 0.407. The molecule has 1 atom stereocenters. The Labute approximate surface area is 121 Å². The highest BCUT2D eigenvalue weighted by molar-refractivity contribution is 5.71. The average molecular weight is 269 g/mol. The van der Waals surface area contributed by atoms with Crippen LogP contribution in [0.3, 0.4) is 0 Å². The number of rotatable bonds is 3. The van der Waals surface area contributed by atoms with Crippen molar-refractivity contribution in [2.45, 2.75) is 45.7 Å². The molecule has 3 rings (SSSR count). The van der Waals surface area contributed by atoms with E-state index in [0.29, 0.717) is 12.1 Å². The SMILES string of the molecule is CNC1CCc2c(-c3cn(C(C)C)nc3C)cccc21. The van der Waals surface area contributed by atoms with Gasteiger partial charge in [-0.1, -0.05) is 18.2 Å². The lowest BCUT2D eigenvalue weighted by molar-refractivity contribution is 0.529. The lowest BCUT2D eigenvalue weighted by Crippen LogP contribution is -2.12. The Morgan fingerprint density at radius 3 is 2.75 bits per heavy atom. The van der Waals surface area contributed by atoms with E-state index in [4.69, 9.17) is 0 Å². The van der Waals surface area contributed by atoms with Gasteiger partial charge in [-0.3, -0.25) is 4.68 Å². The van der Waals surface area contributed by atoms with E-state index in [1.165, 1.54) is 28.7 Å². The number of aryl methyl sites for hydroxylation is 1. The molecule has 0 saturated heterocycles. The smallest absolute Gasteiger partial charge is 0.0672 e. The van der Waals surface area contributed by atoms with Crippen LogP contribution in [0.15, 0.2) is 24.4 Å². The lowest BCUT2D eigenvalue weighted by atomic mass is 9.97. The molecule has 0 radical (unpaired) electrons. The van der Waals surface area contributed by atoms with Crippen LogP contribution in [0, 0.1) is 6.92 Å². The third kappa shape index (κ3) is 2.06. The van der Waals surface area contributed by atoms with Gasteiger partial charge in [-0.25, -0.2) is 0 Å². The summed E-state index contributed by atoms with van der Waals surface area (Å²) in [6.45, 7) is 6.45. The Hall–Kier alpha value is -1.61. The summed E-state index contributed by atoms with van der Waals surface area (Å²) in [5.41, 5.74) is 6.73. The standard InChI is InChI=1S/C17H23N3/c1-11(2)20-10-16(12(3)19-20)13-6-5-7-15-14(13)8-9-17(15)18-4/h5-7,10-11,17-18H,8-9H2,1-4H3. The first-order valence-corrected chi connectivity index (χ1v) is 7.47. The molecule has 0 saturated carbocycles. The molecule has 106 valence electrons. The van der Waals surface area contributed by atoms with Gasteiger partial charge in [-0.05, 0) is 57.4 Å². The van der Waals surface area contributed by atoms with E-state index in [2.05, 4.69) is 67.3 Å². The fraction of sp³-hybridized carbons (Fsp3) is 0.471. The molecule has 1 aliphatic rings. The Kier molecular flexibility index (Phi) is 3.38. The maximum absolute atomic E-state index is 4.65. The molecule has 0 spiro atoms. The molecule has 0 bridgehead atoms. The Morgan fingerprint density at radius 1 is 1.30 bits per heavy atom. The maximum atomic E-state index is 4.65. The molecule has 1 aromatic heterocycles. The first-order valence-electron chi connectivity index (χ1n) is 7.47. The van der Waals surface area contributed by atoms with Gasteiger partial charge < -0.3 is 5.32 Å². The van der Waals surface area contributed by atoms with E-state index in [1.54, 1.807) is 0 Å². The predicted molar refractivity (Wildman–Crippen MR) is 82.9 cm³/mol. The number of benzene rings is 1. The number of fused-ring (bicyclic) bond motifs is 1. The third-order valence-electron chi connectivity index (χ3n) is 4.36. The summed E-state index contributed by atoms with van der Waals surface area (Å²) >= 11 is 0. The van der Waals surface area contributed by atoms with Gasteiger partial charge in [0, 0.05) is 23.8 Å². The molecule has 0 fully saturated rings. The van der Waals surface area contributed by atoms with Crippen molar-refractivity contribution in [3.05, 3.63) is 41.2 Å². The van der Waals surface area contributed by atoms with Crippen LogP contribution in [0.5, 0.6) is 0 Å². The Bertz CT molecular complexity index is 625. The fourth-order valence-corrected chi connectivity index (χ4v) is 3.22. The van der Waals surface area contributed by atoms with Gasteiger partial charge >= 0.3 is 0 Å². The Morgan fingerprint density at radius 2 is 2.10 bits per heavy atom. The van der Waals surface area contributed by atoms with Crippen molar-refractivity contribution in [3.63, 3.8) is 0 Å². The second kappa shape index (κ2) is 5.06. The molecular weight excluding hydrogens is 246 g/mol. The van der Waals surface area contributed by atoms with Gasteiger partial charge in [0.05, 0.1) is 5.69 Å². The van der Waals surface area contributed by atoms with Gasteiger partial charge in [-0.15, -0.1) is 0 Å². The number of nitrogens with one attached hydrogen (secondary N) is 1. The van der Waals surface area contributed by atoms with Gasteiger partial charge in [0.1, 0.15) is 0 Å². The van der Waals surface area contributed by atoms with Crippen molar-refractivity contribution < 1.29 is 0 Å². The molecule has 3 nitrogen and oxygen atoms in total. The predicted octanol–water partition coefficient (Wildman–Crippen LogP) is 3.65. The zero-order chi connectivity index (χ0) is 14.3. The average Bonchev–Trinajstić information content (AvgIpc) is 3.01. The van der Waals surface area contributed by atoms with E-state index in [-0.39, 0.29) is 0 Å². The van der Waals surface area contributed by atoms with Crippen LogP contribution >= 0.6 is 0 Å². The van der Waals surface area contributed by atoms with Crippen LogP contribution < -0.4 is 5.32 Å². The van der Waals surface area contributed by atoms with Crippen LogP contribution in [0.25, 0.3) is 11.1 Å². The second-order valence-electron chi connectivity index (χ2n) is 5.96. The third-order valence-corrected chi connectivity index (χ3v) is 4.36. The summed E-state index contributed by atoms with van der Waals surface area (Å²) in [5.74, 6) is 0. The lowest BCUT2D eigenvalue weighted by Gasteiger charge is -2.11. The molecule has 3 heteroatoms. The molecule has 2 aromatic rings. The molecule has 1 aliphatic carbocycles. The maximum Gasteiger partial charge on any atom is 0.0672 e. The molecule has 0 amide bonds. The van der Waals surface area contributed by atoms with Gasteiger partial charge in [0.25, 0.3) is 0 Å². The van der Waals surface area contributed by atoms with Crippen LogP contribution in [-0.2, 0) is 6.42 Å². The van der Waals surface area contributed by atoms with Crippen LogP contribution in [0.1, 0.15) is 49.2 Å². The summed E-state index contributed by atoms with van der Waals surface area (Å²) in [6.07, 6.45) is 4.55. The zero-order valence-electron chi connectivity index (χ0n) is 12.8. The first kappa shape index (κ1) is 13.4. The highest BCUT2D eigenvalue weighted by Gasteiger charge is 2.24. The monoisotopic (exact) mass is 269 g/mol. The van der Waals surface area contributed by atoms with Crippen molar-refractivity contribution in [2.24, 2.45) is 0 Å². The molecule has 1 aromatic carbocycles. The van der Waals surface area contributed by atoms with Crippen molar-refractivity contribution in [2.75, 3.05) is 7.05 Å². The normalized spacial score (nSPS) is 17.8. The van der Waals surface area contributed by atoms with Crippen LogP contribution in [0.2, 0.25) is 0 Å². The highest BCUT2D eigenvalue weighted by atomic mass is 15.3. The summed E-state index contributed by atoms with van der Waals surface area (Å²) in [6, 6.07) is 7.59. The summed E-state index contributed by atoms with van der Waals surface area (Å²) in [4.78, 5) is 0. The minimum atomic E-state index is 0.407. The van der Waals surface area contributed by atoms with Crippen molar-refractivity contribution in [1.82, 2.24) is 15.1 Å².